The molecular formula is C17H16FN3OS2. The lowest BCUT2D eigenvalue weighted by Crippen LogP contribution is -2.32. The zero-order valence-corrected chi connectivity index (χ0v) is 14.9. The molecule has 3 aromatic rings. The largest absolute Gasteiger partial charge is 0.340 e. The molecule has 2 aromatic heterocycles. The van der Waals surface area contributed by atoms with Gasteiger partial charge in [0.25, 0.3) is 0 Å². The number of fused-ring (bicyclic) bond motifs is 1. The maximum Gasteiger partial charge on any atom is 0.235 e. The Morgan fingerprint density at radius 2 is 2.21 bits per heavy atom. The van der Waals surface area contributed by atoms with Crippen LogP contribution >= 0.6 is 23.1 Å². The van der Waals surface area contributed by atoms with Crippen LogP contribution in [0.3, 0.4) is 0 Å². The fourth-order valence-electron chi connectivity index (χ4n) is 2.38. The molecule has 1 aromatic carbocycles. The van der Waals surface area contributed by atoms with Crippen molar-refractivity contribution in [3.63, 3.8) is 0 Å². The third kappa shape index (κ3) is 3.73. The van der Waals surface area contributed by atoms with Gasteiger partial charge >= 0.3 is 0 Å². The van der Waals surface area contributed by atoms with Crippen molar-refractivity contribution in [2.45, 2.75) is 23.7 Å². The predicted molar refractivity (Wildman–Crippen MR) is 95.6 cm³/mol. The number of thiophene rings is 1. The monoisotopic (exact) mass is 361 g/mol. The van der Waals surface area contributed by atoms with Crippen molar-refractivity contribution in [3.8, 4) is 0 Å². The normalized spacial score (nSPS) is 12.3. The van der Waals surface area contributed by atoms with Gasteiger partial charge in [0, 0.05) is 19.0 Å². The van der Waals surface area contributed by atoms with Gasteiger partial charge in [-0.3, -0.25) is 4.79 Å². The topological polar surface area (TPSA) is 46.1 Å². The minimum absolute atomic E-state index is 0.0220. The van der Waals surface area contributed by atoms with Crippen LogP contribution in [0.5, 0.6) is 0 Å². The quantitative estimate of drug-likeness (QED) is 0.510. The second-order valence-corrected chi connectivity index (χ2v) is 7.63. The van der Waals surface area contributed by atoms with Gasteiger partial charge in [-0.15, -0.1) is 11.3 Å². The van der Waals surface area contributed by atoms with Crippen LogP contribution in [-0.2, 0) is 11.3 Å². The summed E-state index contributed by atoms with van der Waals surface area (Å²) in [4.78, 5) is 23.6. The molecule has 0 aliphatic rings. The second-order valence-electron chi connectivity index (χ2n) is 5.40. The Hall–Kier alpha value is -1.99. The number of carbonyl (C=O) groups excluding carboxylic acids is 1. The maximum absolute atomic E-state index is 13.3. The van der Waals surface area contributed by atoms with E-state index in [-0.39, 0.29) is 17.0 Å². The van der Waals surface area contributed by atoms with Gasteiger partial charge in [-0.25, -0.2) is 14.4 Å². The van der Waals surface area contributed by atoms with E-state index in [2.05, 4.69) is 9.97 Å². The van der Waals surface area contributed by atoms with Crippen molar-refractivity contribution in [2.24, 2.45) is 0 Å². The number of halogens is 1. The van der Waals surface area contributed by atoms with Gasteiger partial charge in [0.1, 0.15) is 22.0 Å². The first-order chi connectivity index (χ1) is 11.5. The van der Waals surface area contributed by atoms with E-state index in [1.54, 1.807) is 29.4 Å². The summed E-state index contributed by atoms with van der Waals surface area (Å²) in [6.07, 6.45) is 1.52. The molecule has 1 amide bonds. The van der Waals surface area contributed by atoms with Crippen LogP contribution in [0.15, 0.2) is 47.1 Å². The Balaban J connectivity index is 1.69. The third-order valence-electron chi connectivity index (χ3n) is 3.55. The standard InChI is InChI=1S/C17H16FN3OS2/c1-11(24-16-14-6-7-23-15(14)19-10-20-16)17(22)21(2)9-12-4-3-5-13(18)8-12/h3-8,10-11H,9H2,1-2H3. The molecule has 1 atom stereocenters. The van der Waals surface area contributed by atoms with Gasteiger partial charge in [-0.05, 0) is 36.1 Å². The first-order valence-electron chi connectivity index (χ1n) is 7.39. The molecule has 24 heavy (non-hydrogen) atoms. The Morgan fingerprint density at radius 3 is 3.00 bits per heavy atom. The van der Waals surface area contributed by atoms with Gasteiger partial charge in [0.2, 0.25) is 5.91 Å². The molecule has 4 nitrogen and oxygen atoms in total. The van der Waals surface area contributed by atoms with Gasteiger partial charge < -0.3 is 4.90 Å². The number of rotatable bonds is 5. The smallest absolute Gasteiger partial charge is 0.235 e. The molecule has 1 unspecified atom stereocenters. The van der Waals surface area contributed by atoms with Crippen molar-refractivity contribution in [2.75, 3.05) is 7.05 Å². The van der Waals surface area contributed by atoms with Crippen LogP contribution in [0.25, 0.3) is 10.2 Å². The highest BCUT2D eigenvalue weighted by Crippen LogP contribution is 2.30. The van der Waals surface area contributed by atoms with Gasteiger partial charge in [0.15, 0.2) is 0 Å². The van der Waals surface area contributed by atoms with E-state index in [0.717, 1.165) is 20.8 Å². The zero-order chi connectivity index (χ0) is 17.1. The third-order valence-corrected chi connectivity index (χ3v) is 5.47. The van der Waals surface area contributed by atoms with E-state index in [9.17, 15) is 9.18 Å². The molecule has 0 saturated carbocycles. The first-order valence-corrected chi connectivity index (χ1v) is 9.15. The highest BCUT2D eigenvalue weighted by molar-refractivity contribution is 8.00. The van der Waals surface area contributed by atoms with Gasteiger partial charge in [-0.2, -0.15) is 0 Å². The summed E-state index contributed by atoms with van der Waals surface area (Å²) in [6.45, 7) is 2.23. The van der Waals surface area contributed by atoms with E-state index in [1.807, 2.05) is 24.4 Å². The van der Waals surface area contributed by atoms with E-state index in [1.165, 1.54) is 30.2 Å². The second kappa shape index (κ2) is 7.27. The Kier molecular flexibility index (Phi) is 5.11. The fraction of sp³-hybridized carbons (Fsp3) is 0.235. The van der Waals surface area contributed by atoms with Crippen LogP contribution in [0.2, 0.25) is 0 Å². The first kappa shape index (κ1) is 16.9. The number of thioether (sulfide) groups is 1. The van der Waals surface area contributed by atoms with Crippen molar-refractivity contribution in [1.82, 2.24) is 14.9 Å². The summed E-state index contributed by atoms with van der Waals surface area (Å²) in [6, 6.07) is 8.27. The average Bonchev–Trinajstić information content (AvgIpc) is 3.03. The highest BCUT2D eigenvalue weighted by atomic mass is 32.2. The molecule has 0 fully saturated rings. The van der Waals surface area contributed by atoms with Crippen LogP contribution < -0.4 is 0 Å². The molecule has 0 radical (unpaired) electrons. The van der Waals surface area contributed by atoms with Gasteiger partial charge in [-0.1, -0.05) is 23.9 Å². The van der Waals surface area contributed by atoms with Crippen LogP contribution in [-0.4, -0.2) is 33.1 Å². The number of aromatic nitrogens is 2. The van der Waals surface area contributed by atoms with Gasteiger partial charge in [0.05, 0.1) is 5.25 Å². The number of nitrogens with zero attached hydrogens (tertiary/aromatic N) is 3. The number of hydrogen-bond acceptors (Lipinski definition) is 5. The average molecular weight is 361 g/mol. The zero-order valence-electron chi connectivity index (χ0n) is 13.3. The Bertz CT molecular complexity index is 868. The van der Waals surface area contributed by atoms with Crippen LogP contribution in [0, 0.1) is 5.82 Å². The summed E-state index contributed by atoms with van der Waals surface area (Å²) in [5.41, 5.74) is 0.769. The number of benzene rings is 1. The molecular weight excluding hydrogens is 345 g/mol. The number of hydrogen-bond donors (Lipinski definition) is 0. The molecule has 0 saturated heterocycles. The van der Waals surface area contributed by atoms with Crippen LogP contribution in [0.1, 0.15) is 12.5 Å². The summed E-state index contributed by atoms with van der Waals surface area (Å²) in [5, 5.41) is 3.45. The van der Waals surface area contributed by atoms with Crippen molar-refractivity contribution < 1.29 is 9.18 Å². The Labute approximate surface area is 147 Å². The molecule has 2 heterocycles. The minimum atomic E-state index is -0.295. The Morgan fingerprint density at radius 1 is 1.38 bits per heavy atom. The molecule has 0 spiro atoms. The predicted octanol–water partition coefficient (Wildman–Crippen LogP) is 3.97. The molecule has 124 valence electrons. The SMILES string of the molecule is CC(Sc1ncnc2sccc12)C(=O)N(C)Cc1cccc(F)c1. The summed E-state index contributed by atoms with van der Waals surface area (Å²) < 4.78 is 13.3. The lowest BCUT2D eigenvalue weighted by Gasteiger charge is -2.21. The lowest BCUT2D eigenvalue weighted by molar-refractivity contribution is -0.129. The summed E-state index contributed by atoms with van der Waals surface area (Å²) in [5.74, 6) is -0.317. The van der Waals surface area contributed by atoms with E-state index in [4.69, 9.17) is 0 Å². The maximum atomic E-state index is 13.3. The fourth-order valence-corrected chi connectivity index (χ4v) is 4.19. The van der Waals surface area contributed by atoms with Crippen LogP contribution in [0.4, 0.5) is 4.39 Å². The molecule has 3 rings (SSSR count). The molecule has 0 aliphatic carbocycles. The summed E-state index contributed by atoms with van der Waals surface area (Å²) in [7, 11) is 1.73. The van der Waals surface area contributed by atoms with E-state index < -0.39 is 0 Å². The molecule has 0 bridgehead atoms. The molecule has 0 N–H and O–H groups in total. The van der Waals surface area contributed by atoms with Crippen molar-refractivity contribution in [3.05, 3.63) is 53.4 Å². The lowest BCUT2D eigenvalue weighted by atomic mass is 10.2. The van der Waals surface area contributed by atoms with E-state index >= 15 is 0 Å². The molecule has 0 aliphatic heterocycles. The number of carbonyl (C=O) groups is 1. The van der Waals surface area contributed by atoms with Crippen molar-refractivity contribution in [1.29, 1.82) is 0 Å². The summed E-state index contributed by atoms with van der Waals surface area (Å²) >= 11 is 2.97. The number of amides is 1. The van der Waals surface area contributed by atoms with Crippen molar-refractivity contribution >= 4 is 39.2 Å². The molecule has 7 heteroatoms. The highest BCUT2D eigenvalue weighted by Gasteiger charge is 2.21. The minimum Gasteiger partial charge on any atom is -0.340 e. The van der Waals surface area contributed by atoms with E-state index in [0.29, 0.717) is 6.54 Å².